The number of piperazine rings is 1. The van der Waals surface area contributed by atoms with Gasteiger partial charge in [-0.3, -0.25) is 14.6 Å². The van der Waals surface area contributed by atoms with Crippen LogP contribution in [-0.2, 0) is 7.05 Å². The van der Waals surface area contributed by atoms with Gasteiger partial charge >= 0.3 is 0 Å². The average molecular weight is 562 g/mol. The summed E-state index contributed by atoms with van der Waals surface area (Å²) < 4.78 is 1.62. The number of aliphatic imine (C=N–C) groups is 1. The van der Waals surface area contributed by atoms with Crippen molar-refractivity contribution in [3.63, 3.8) is 0 Å². The summed E-state index contributed by atoms with van der Waals surface area (Å²) in [5.74, 6) is -0.335. The molecule has 212 valence electrons. The van der Waals surface area contributed by atoms with Gasteiger partial charge in [0.2, 0.25) is 0 Å². The van der Waals surface area contributed by atoms with Crippen LogP contribution in [0.2, 0.25) is 0 Å². The number of fused-ring (bicyclic) bond motifs is 1. The van der Waals surface area contributed by atoms with Crippen LogP contribution in [0.5, 0.6) is 5.88 Å². The van der Waals surface area contributed by atoms with Crippen LogP contribution in [0.25, 0.3) is 10.9 Å². The number of aromatic hydroxyl groups is 1. The molecule has 1 amide bonds. The molecule has 10 nitrogen and oxygen atoms in total. The van der Waals surface area contributed by atoms with E-state index < -0.39 is 0 Å². The number of hydrogen-bond donors (Lipinski definition) is 3. The molecule has 3 aromatic carbocycles. The molecule has 0 bridgehead atoms. The number of imidazole rings is 1. The van der Waals surface area contributed by atoms with Crippen molar-refractivity contribution in [3.8, 4) is 5.88 Å². The number of H-pyrrole nitrogens is 1. The van der Waals surface area contributed by atoms with Crippen LogP contribution < -0.4 is 10.2 Å². The Balaban J connectivity index is 1.21. The standard InChI is InChI=1S/C32H31N7O3/c1-37-14-16-39(17-15-37)25-9-7-23(8-10-25)34-20-27-26-19-22(6-11-28(26)36-31(27)41)29(40)21-4-3-5-24(18-21)35-32(42)30-33-12-13-38(30)2/h3-13,18-20,36,41H,14-17H2,1-2H3,(H,35,42). The third kappa shape index (κ3) is 5.52. The number of nitrogens with one attached hydrogen (secondary N) is 2. The largest absolute Gasteiger partial charge is 0.494 e. The number of aromatic nitrogens is 3. The highest BCUT2D eigenvalue weighted by molar-refractivity contribution is 6.13. The van der Waals surface area contributed by atoms with Crippen molar-refractivity contribution in [3.05, 3.63) is 102 Å². The predicted octanol–water partition coefficient (Wildman–Crippen LogP) is 4.59. The molecular weight excluding hydrogens is 530 g/mol. The number of carbonyl (C=O) groups is 2. The summed E-state index contributed by atoms with van der Waals surface area (Å²) in [7, 11) is 3.87. The van der Waals surface area contributed by atoms with Gasteiger partial charge in [-0.25, -0.2) is 4.98 Å². The molecule has 1 saturated heterocycles. The molecule has 42 heavy (non-hydrogen) atoms. The molecule has 0 radical (unpaired) electrons. The molecule has 0 saturated carbocycles. The molecule has 1 fully saturated rings. The maximum atomic E-state index is 13.4. The molecule has 2 aromatic heterocycles. The smallest absolute Gasteiger partial charge is 0.291 e. The maximum Gasteiger partial charge on any atom is 0.291 e. The quantitative estimate of drug-likeness (QED) is 0.198. The molecule has 3 heterocycles. The van der Waals surface area contributed by atoms with Gasteiger partial charge in [0.1, 0.15) is 0 Å². The zero-order chi connectivity index (χ0) is 29.2. The Labute approximate surface area is 242 Å². The second-order valence-electron chi connectivity index (χ2n) is 10.4. The van der Waals surface area contributed by atoms with Crippen molar-refractivity contribution in [2.24, 2.45) is 12.0 Å². The fraction of sp³-hybridized carbons (Fsp3) is 0.188. The van der Waals surface area contributed by atoms with Crippen molar-refractivity contribution >= 4 is 45.9 Å². The van der Waals surface area contributed by atoms with Gasteiger partial charge in [0.05, 0.1) is 11.3 Å². The van der Waals surface area contributed by atoms with Crippen LogP contribution in [0, 0.1) is 0 Å². The van der Waals surface area contributed by atoms with E-state index in [9.17, 15) is 14.7 Å². The van der Waals surface area contributed by atoms with Gasteiger partial charge in [0, 0.05) is 85.2 Å². The SMILES string of the molecule is CN1CCN(c2ccc(N=Cc3c(O)[nH]c4ccc(C(=O)c5cccc(NC(=O)c6nccn6C)c5)cc34)cc2)CC1. The van der Waals surface area contributed by atoms with Crippen LogP contribution >= 0.6 is 0 Å². The summed E-state index contributed by atoms with van der Waals surface area (Å²) in [6.45, 7) is 4.07. The van der Waals surface area contributed by atoms with Gasteiger partial charge in [-0.15, -0.1) is 0 Å². The Morgan fingerprint density at radius 3 is 2.48 bits per heavy atom. The lowest BCUT2D eigenvalue weighted by atomic mass is 10.0. The number of ketones is 1. The molecule has 1 aliphatic heterocycles. The third-order valence-electron chi connectivity index (χ3n) is 7.55. The number of aromatic amines is 1. The number of benzene rings is 3. The molecular formula is C32H31N7O3. The normalized spacial score (nSPS) is 14.1. The van der Waals surface area contributed by atoms with E-state index in [4.69, 9.17) is 0 Å². The van der Waals surface area contributed by atoms with Crippen molar-refractivity contribution in [2.75, 3.05) is 43.4 Å². The minimum absolute atomic E-state index is 0.0219. The van der Waals surface area contributed by atoms with E-state index in [0.717, 1.165) is 31.9 Å². The van der Waals surface area contributed by atoms with Crippen LogP contribution in [-0.4, -0.2) is 75.7 Å². The van der Waals surface area contributed by atoms with Gasteiger partial charge in [-0.05, 0) is 61.6 Å². The third-order valence-corrected chi connectivity index (χ3v) is 7.55. The second kappa shape index (κ2) is 11.3. The minimum Gasteiger partial charge on any atom is -0.494 e. The zero-order valence-corrected chi connectivity index (χ0v) is 23.4. The van der Waals surface area contributed by atoms with Crippen molar-refractivity contribution in [2.45, 2.75) is 0 Å². The van der Waals surface area contributed by atoms with Crippen LogP contribution in [0.3, 0.4) is 0 Å². The predicted molar refractivity (Wildman–Crippen MR) is 164 cm³/mol. The number of anilines is 2. The minimum atomic E-state index is -0.366. The highest BCUT2D eigenvalue weighted by atomic mass is 16.3. The summed E-state index contributed by atoms with van der Waals surface area (Å²) in [4.78, 5) is 42.3. The van der Waals surface area contributed by atoms with Crippen LogP contribution in [0.4, 0.5) is 17.1 Å². The van der Waals surface area contributed by atoms with E-state index in [1.165, 1.54) is 5.69 Å². The first-order chi connectivity index (χ1) is 20.4. The Morgan fingerprint density at radius 1 is 0.976 bits per heavy atom. The van der Waals surface area contributed by atoms with E-state index in [-0.39, 0.29) is 23.4 Å². The van der Waals surface area contributed by atoms with Gasteiger partial charge in [0.25, 0.3) is 5.91 Å². The van der Waals surface area contributed by atoms with E-state index >= 15 is 0 Å². The first-order valence-electron chi connectivity index (χ1n) is 13.7. The lowest BCUT2D eigenvalue weighted by molar-refractivity contribution is 0.101. The van der Waals surface area contributed by atoms with Gasteiger partial charge in [0.15, 0.2) is 17.5 Å². The average Bonchev–Trinajstić information content (AvgIpc) is 3.58. The van der Waals surface area contributed by atoms with Gasteiger partial charge < -0.3 is 29.8 Å². The molecule has 3 N–H and O–H groups in total. The molecule has 5 aromatic rings. The van der Waals surface area contributed by atoms with Crippen molar-refractivity contribution in [1.29, 1.82) is 0 Å². The van der Waals surface area contributed by atoms with Crippen molar-refractivity contribution < 1.29 is 14.7 Å². The fourth-order valence-electron chi connectivity index (χ4n) is 5.10. The number of aryl methyl sites for hydroxylation is 1. The number of nitrogens with zero attached hydrogens (tertiary/aromatic N) is 5. The molecule has 0 unspecified atom stereocenters. The summed E-state index contributed by atoms with van der Waals surface area (Å²) in [6, 6.07) is 20.0. The maximum absolute atomic E-state index is 13.4. The second-order valence-corrected chi connectivity index (χ2v) is 10.4. The monoisotopic (exact) mass is 561 g/mol. The lowest BCUT2D eigenvalue weighted by Gasteiger charge is -2.34. The van der Waals surface area contributed by atoms with E-state index in [1.807, 2.05) is 12.1 Å². The number of likely N-dealkylation sites (N-methyl/N-ethyl adjacent to an activating group) is 1. The number of amides is 1. The Bertz CT molecular complexity index is 1790. The summed E-state index contributed by atoms with van der Waals surface area (Å²) in [6.07, 6.45) is 4.85. The summed E-state index contributed by atoms with van der Waals surface area (Å²) >= 11 is 0. The lowest BCUT2D eigenvalue weighted by Crippen LogP contribution is -2.44. The topological polar surface area (TPSA) is 119 Å². The van der Waals surface area contributed by atoms with E-state index in [2.05, 4.69) is 49.3 Å². The van der Waals surface area contributed by atoms with Crippen molar-refractivity contribution in [1.82, 2.24) is 19.4 Å². The van der Waals surface area contributed by atoms with Gasteiger partial charge in [-0.2, -0.15) is 0 Å². The van der Waals surface area contributed by atoms with Crippen LogP contribution in [0.1, 0.15) is 32.1 Å². The summed E-state index contributed by atoms with van der Waals surface area (Å²) in [5, 5.41) is 14.1. The molecule has 0 atom stereocenters. The van der Waals surface area contributed by atoms with Gasteiger partial charge in [-0.1, -0.05) is 12.1 Å². The summed E-state index contributed by atoms with van der Waals surface area (Å²) in [5.41, 5.74) is 4.47. The number of rotatable bonds is 7. The molecule has 0 aliphatic carbocycles. The molecule has 0 spiro atoms. The first-order valence-corrected chi connectivity index (χ1v) is 13.7. The van der Waals surface area contributed by atoms with E-state index in [0.29, 0.717) is 33.3 Å². The fourth-order valence-corrected chi connectivity index (χ4v) is 5.10. The molecule has 10 heteroatoms. The highest BCUT2D eigenvalue weighted by Gasteiger charge is 2.17. The highest BCUT2D eigenvalue weighted by Crippen LogP contribution is 2.29. The Hall–Kier alpha value is -5.22. The number of hydrogen-bond acceptors (Lipinski definition) is 7. The molecule has 6 rings (SSSR count). The van der Waals surface area contributed by atoms with E-state index in [1.54, 1.807) is 72.7 Å². The Kier molecular flexibility index (Phi) is 7.28. The number of carbonyl (C=O) groups excluding carboxylic acids is 2. The Morgan fingerprint density at radius 2 is 1.74 bits per heavy atom. The first kappa shape index (κ1) is 27.0. The molecule has 1 aliphatic rings. The zero-order valence-electron chi connectivity index (χ0n) is 23.4. The van der Waals surface area contributed by atoms with Crippen LogP contribution in [0.15, 0.2) is 84.1 Å².